The van der Waals surface area contributed by atoms with Gasteiger partial charge in [0.25, 0.3) is 5.56 Å². The van der Waals surface area contributed by atoms with Crippen LogP contribution in [0.15, 0.2) is 27.8 Å². The zero-order chi connectivity index (χ0) is 24.0. The van der Waals surface area contributed by atoms with Crippen molar-refractivity contribution in [1.29, 1.82) is 0 Å². The van der Waals surface area contributed by atoms with Crippen molar-refractivity contribution >= 4 is 21.6 Å². The minimum Gasteiger partial charge on any atom is -0.392 e. The van der Waals surface area contributed by atoms with Crippen LogP contribution in [-0.4, -0.2) is 24.4 Å². The Morgan fingerprint density at radius 1 is 1.24 bits per heavy atom. The number of rotatable bonds is 6. The first-order chi connectivity index (χ1) is 15.6. The first-order valence-corrected chi connectivity index (χ1v) is 11.6. The second-order valence-corrected chi connectivity index (χ2v) is 9.84. The van der Waals surface area contributed by atoms with E-state index in [-0.39, 0.29) is 22.7 Å². The molecule has 174 valence electrons. The zero-order valence-corrected chi connectivity index (χ0v) is 20.1. The van der Waals surface area contributed by atoms with E-state index in [1.807, 2.05) is 27.7 Å². The van der Waals surface area contributed by atoms with E-state index < -0.39 is 18.0 Å². The molecule has 3 aromatic heterocycles. The lowest BCUT2D eigenvalue weighted by Crippen LogP contribution is -2.38. The molecule has 0 fully saturated rings. The maximum atomic E-state index is 15.5. The van der Waals surface area contributed by atoms with E-state index >= 15 is 4.39 Å². The SMILES string of the molecule is Cc1n[nH]c(C)c1Cc1sc2c(c1-c1cccc(CO)c1F)c(=O)n(C)c(=O)n2CC(C)C. The van der Waals surface area contributed by atoms with Crippen LogP contribution in [0.5, 0.6) is 0 Å². The predicted molar refractivity (Wildman–Crippen MR) is 128 cm³/mol. The fourth-order valence-corrected chi connectivity index (χ4v) is 5.52. The van der Waals surface area contributed by atoms with Crippen molar-refractivity contribution < 1.29 is 9.50 Å². The van der Waals surface area contributed by atoms with Gasteiger partial charge in [0.05, 0.1) is 17.7 Å². The molecule has 2 N–H and O–H groups in total. The molecule has 0 saturated carbocycles. The van der Waals surface area contributed by atoms with Crippen LogP contribution >= 0.6 is 11.3 Å². The number of fused-ring (bicyclic) bond motifs is 1. The molecule has 9 heteroatoms. The molecular weight excluding hydrogens is 443 g/mol. The van der Waals surface area contributed by atoms with Crippen LogP contribution in [0.1, 0.15) is 41.2 Å². The van der Waals surface area contributed by atoms with Gasteiger partial charge in [0, 0.05) is 52.8 Å². The highest BCUT2D eigenvalue weighted by Gasteiger charge is 2.26. The smallest absolute Gasteiger partial charge is 0.331 e. The highest BCUT2D eigenvalue weighted by molar-refractivity contribution is 7.19. The molecule has 7 nitrogen and oxygen atoms in total. The third kappa shape index (κ3) is 3.85. The lowest BCUT2D eigenvalue weighted by Gasteiger charge is -2.12. The maximum Gasteiger partial charge on any atom is 0.331 e. The number of thiophene rings is 1. The number of nitrogens with zero attached hydrogens (tertiary/aromatic N) is 3. The first-order valence-electron chi connectivity index (χ1n) is 10.8. The zero-order valence-electron chi connectivity index (χ0n) is 19.3. The number of aliphatic hydroxyl groups excluding tert-OH is 1. The summed E-state index contributed by atoms with van der Waals surface area (Å²) in [5.41, 5.74) is 2.72. The van der Waals surface area contributed by atoms with Crippen molar-refractivity contribution in [3.8, 4) is 11.1 Å². The standard InChI is InChI=1S/C24H27FN4O3S/c1-12(2)10-29-23-20(22(31)28(5)24(29)32)19(16-8-6-7-15(11-30)21(16)25)18(33-23)9-17-13(3)26-27-14(17)4/h6-8,12,30H,9-11H2,1-5H3,(H,26,27). The number of nitrogens with one attached hydrogen (secondary N) is 1. The fraction of sp³-hybridized carbons (Fsp3) is 0.375. The third-order valence-corrected chi connectivity index (χ3v) is 7.14. The highest BCUT2D eigenvalue weighted by Crippen LogP contribution is 2.40. The van der Waals surface area contributed by atoms with E-state index in [9.17, 15) is 14.7 Å². The van der Waals surface area contributed by atoms with Crippen molar-refractivity contribution in [3.63, 3.8) is 0 Å². The summed E-state index contributed by atoms with van der Waals surface area (Å²) in [4.78, 5) is 27.7. The summed E-state index contributed by atoms with van der Waals surface area (Å²) in [6, 6.07) is 4.80. The number of H-pyrrole nitrogens is 1. The average Bonchev–Trinajstić information content (AvgIpc) is 3.30. The summed E-state index contributed by atoms with van der Waals surface area (Å²) in [5, 5.41) is 17.2. The van der Waals surface area contributed by atoms with Crippen molar-refractivity contribution in [2.75, 3.05) is 0 Å². The molecule has 1 aromatic carbocycles. The quantitative estimate of drug-likeness (QED) is 0.450. The van der Waals surface area contributed by atoms with E-state index in [1.54, 1.807) is 16.7 Å². The van der Waals surface area contributed by atoms with Crippen LogP contribution in [-0.2, 0) is 26.6 Å². The fourth-order valence-electron chi connectivity index (χ4n) is 4.20. The van der Waals surface area contributed by atoms with Gasteiger partial charge in [0.2, 0.25) is 0 Å². The van der Waals surface area contributed by atoms with Gasteiger partial charge in [0.1, 0.15) is 10.6 Å². The Hall–Kier alpha value is -3.04. The Morgan fingerprint density at radius 3 is 2.58 bits per heavy atom. The number of aliphatic hydroxyl groups is 1. The lowest BCUT2D eigenvalue weighted by atomic mass is 9.97. The van der Waals surface area contributed by atoms with Gasteiger partial charge >= 0.3 is 5.69 Å². The monoisotopic (exact) mass is 470 g/mol. The molecule has 3 heterocycles. The average molecular weight is 471 g/mol. The summed E-state index contributed by atoms with van der Waals surface area (Å²) < 4.78 is 18.2. The summed E-state index contributed by atoms with van der Waals surface area (Å²) in [7, 11) is 1.45. The van der Waals surface area contributed by atoms with Gasteiger partial charge in [0.15, 0.2) is 0 Å². The molecule has 0 spiro atoms. The molecule has 0 amide bonds. The molecule has 0 saturated heterocycles. The lowest BCUT2D eigenvalue weighted by molar-refractivity contribution is 0.276. The molecule has 4 rings (SSSR count). The maximum absolute atomic E-state index is 15.5. The Kier molecular flexibility index (Phi) is 6.11. The molecule has 4 aromatic rings. The Balaban J connectivity index is 2.14. The largest absolute Gasteiger partial charge is 0.392 e. The van der Waals surface area contributed by atoms with E-state index in [0.717, 1.165) is 26.4 Å². The predicted octanol–water partition coefficient (Wildman–Crippen LogP) is 3.65. The van der Waals surface area contributed by atoms with Crippen LogP contribution in [0, 0.1) is 25.6 Å². The summed E-state index contributed by atoms with van der Waals surface area (Å²) in [5.74, 6) is -0.393. The van der Waals surface area contributed by atoms with Crippen LogP contribution in [0.2, 0.25) is 0 Å². The molecule has 0 aliphatic heterocycles. The van der Waals surface area contributed by atoms with Crippen LogP contribution in [0.3, 0.4) is 0 Å². The van der Waals surface area contributed by atoms with Gasteiger partial charge in [-0.1, -0.05) is 32.0 Å². The minimum absolute atomic E-state index is 0.154. The summed E-state index contributed by atoms with van der Waals surface area (Å²) >= 11 is 1.34. The van der Waals surface area contributed by atoms with E-state index in [4.69, 9.17) is 0 Å². The second kappa shape index (κ2) is 8.72. The van der Waals surface area contributed by atoms with Gasteiger partial charge < -0.3 is 5.11 Å². The van der Waals surface area contributed by atoms with Gasteiger partial charge in [-0.2, -0.15) is 5.10 Å². The van der Waals surface area contributed by atoms with Crippen molar-refractivity contribution in [3.05, 3.63) is 72.2 Å². The molecule has 0 radical (unpaired) electrons. The summed E-state index contributed by atoms with van der Waals surface area (Å²) in [6.45, 7) is 7.80. The van der Waals surface area contributed by atoms with Gasteiger partial charge in [-0.15, -0.1) is 11.3 Å². The summed E-state index contributed by atoms with van der Waals surface area (Å²) in [6.07, 6.45) is 0.435. The topological polar surface area (TPSA) is 92.9 Å². The van der Waals surface area contributed by atoms with E-state index in [1.165, 1.54) is 24.5 Å². The number of hydrogen-bond donors (Lipinski definition) is 2. The second-order valence-electron chi connectivity index (χ2n) is 8.76. The normalized spacial score (nSPS) is 11.8. The van der Waals surface area contributed by atoms with Gasteiger partial charge in [-0.05, 0) is 19.8 Å². The van der Waals surface area contributed by atoms with E-state index in [2.05, 4.69) is 10.2 Å². The highest BCUT2D eigenvalue weighted by atomic mass is 32.1. The molecule has 0 bridgehead atoms. The number of halogens is 1. The van der Waals surface area contributed by atoms with Crippen LogP contribution in [0.4, 0.5) is 4.39 Å². The molecule has 0 aliphatic carbocycles. The Bertz CT molecular complexity index is 1460. The van der Waals surface area contributed by atoms with Crippen molar-refractivity contribution in [1.82, 2.24) is 19.3 Å². The molecular formula is C24H27FN4O3S. The van der Waals surface area contributed by atoms with Crippen LogP contribution < -0.4 is 11.2 Å². The van der Waals surface area contributed by atoms with Gasteiger partial charge in [-0.3, -0.25) is 19.0 Å². The number of aryl methyl sites for hydroxylation is 2. The number of hydrogen-bond acceptors (Lipinski definition) is 5. The van der Waals surface area contributed by atoms with Crippen molar-refractivity contribution in [2.24, 2.45) is 13.0 Å². The molecule has 33 heavy (non-hydrogen) atoms. The third-order valence-electron chi connectivity index (χ3n) is 5.93. The Morgan fingerprint density at radius 2 is 1.97 bits per heavy atom. The van der Waals surface area contributed by atoms with E-state index in [0.29, 0.717) is 28.7 Å². The molecule has 0 unspecified atom stereocenters. The Labute approximate surface area is 194 Å². The van der Waals surface area contributed by atoms with Crippen LogP contribution in [0.25, 0.3) is 21.3 Å². The number of aromatic amines is 1. The first kappa shape index (κ1) is 23.1. The number of aromatic nitrogens is 4. The minimum atomic E-state index is -0.565. The molecule has 0 atom stereocenters. The number of benzene rings is 1. The van der Waals surface area contributed by atoms with Gasteiger partial charge in [-0.25, -0.2) is 9.18 Å². The van der Waals surface area contributed by atoms with Crippen molar-refractivity contribution in [2.45, 2.75) is 47.3 Å². The molecule has 0 aliphatic rings.